The minimum Gasteiger partial charge on any atom is -0.352 e. The molecule has 0 aromatic carbocycles. The number of pyridine rings is 1. The van der Waals surface area contributed by atoms with Crippen LogP contribution in [0.5, 0.6) is 0 Å². The largest absolute Gasteiger partial charge is 0.352 e. The molecule has 4 heteroatoms. The van der Waals surface area contributed by atoms with Crippen LogP contribution in [-0.2, 0) is 5.88 Å². The quantitative estimate of drug-likeness (QED) is 0.766. The molecule has 1 fully saturated rings. The van der Waals surface area contributed by atoms with E-state index in [2.05, 4.69) is 35.9 Å². The molecular formula is C13H19ClN2S. The van der Waals surface area contributed by atoms with Gasteiger partial charge in [0.2, 0.25) is 0 Å². The molecule has 1 aromatic rings. The first-order chi connectivity index (χ1) is 8.13. The van der Waals surface area contributed by atoms with Gasteiger partial charge in [-0.1, -0.05) is 13.0 Å². The molecule has 0 amide bonds. The molecule has 0 N–H and O–H groups in total. The predicted molar refractivity (Wildman–Crippen MR) is 77.3 cm³/mol. The van der Waals surface area contributed by atoms with Crippen LogP contribution in [-0.4, -0.2) is 28.6 Å². The lowest BCUT2D eigenvalue weighted by Crippen LogP contribution is -2.45. The monoisotopic (exact) mass is 270 g/mol. The SMILES string of the molecule is Cc1nc(N2CCSC(C)C2C)ccc1CCl. The molecule has 2 heterocycles. The first-order valence-electron chi connectivity index (χ1n) is 6.04. The lowest BCUT2D eigenvalue weighted by molar-refractivity contribution is 0.619. The highest BCUT2D eigenvalue weighted by Crippen LogP contribution is 2.28. The Balaban J connectivity index is 2.24. The molecule has 17 heavy (non-hydrogen) atoms. The Morgan fingerprint density at radius 3 is 2.88 bits per heavy atom. The molecule has 1 aromatic heterocycles. The number of alkyl halides is 1. The van der Waals surface area contributed by atoms with Gasteiger partial charge in [0.05, 0.1) is 0 Å². The third-order valence-electron chi connectivity index (χ3n) is 3.50. The van der Waals surface area contributed by atoms with Crippen LogP contribution in [0, 0.1) is 6.92 Å². The van der Waals surface area contributed by atoms with Gasteiger partial charge in [0, 0.05) is 35.2 Å². The number of hydrogen-bond donors (Lipinski definition) is 0. The second-order valence-electron chi connectivity index (χ2n) is 4.56. The molecule has 2 nitrogen and oxygen atoms in total. The van der Waals surface area contributed by atoms with Crippen molar-refractivity contribution in [2.45, 2.75) is 37.9 Å². The van der Waals surface area contributed by atoms with Crippen LogP contribution in [0.3, 0.4) is 0 Å². The van der Waals surface area contributed by atoms with E-state index in [1.165, 1.54) is 5.75 Å². The Hall–Kier alpha value is -0.410. The Morgan fingerprint density at radius 1 is 1.47 bits per heavy atom. The van der Waals surface area contributed by atoms with Gasteiger partial charge in [0.1, 0.15) is 5.82 Å². The fraction of sp³-hybridized carbons (Fsp3) is 0.615. The second-order valence-corrected chi connectivity index (χ2v) is 6.31. The standard InChI is InChI=1S/C13H19ClN2S/c1-9-12(8-14)4-5-13(15-9)16-6-7-17-11(3)10(16)2/h4-5,10-11H,6-8H2,1-3H3. The number of aryl methyl sites for hydroxylation is 1. The van der Waals surface area contributed by atoms with Gasteiger partial charge in [-0.15, -0.1) is 11.6 Å². The first-order valence-corrected chi connectivity index (χ1v) is 7.62. The molecular weight excluding hydrogens is 252 g/mol. The smallest absolute Gasteiger partial charge is 0.129 e. The lowest BCUT2D eigenvalue weighted by Gasteiger charge is -2.38. The highest BCUT2D eigenvalue weighted by atomic mass is 35.5. The van der Waals surface area contributed by atoms with E-state index in [0.717, 1.165) is 23.6 Å². The van der Waals surface area contributed by atoms with E-state index >= 15 is 0 Å². The molecule has 2 rings (SSSR count). The minimum absolute atomic E-state index is 0.543. The summed E-state index contributed by atoms with van der Waals surface area (Å²) >= 11 is 7.91. The normalized spacial score (nSPS) is 25.1. The highest BCUT2D eigenvalue weighted by molar-refractivity contribution is 8.00. The minimum atomic E-state index is 0.543. The van der Waals surface area contributed by atoms with Crippen molar-refractivity contribution in [3.05, 3.63) is 23.4 Å². The highest BCUT2D eigenvalue weighted by Gasteiger charge is 2.26. The molecule has 0 saturated carbocycles. The molecule has 2 atom stereocenters. The molecule has 0 spiro atoms. The molecule has 2 unspecified atom stereocenters. The third-order valence-corrected chi connectivity index (χ3v) is 5.13. The summed E-state index contributed by atoms with van der Waals surface area (Å²) in [6.45, 7) is 7.70. The fourth-order valence-corrected chi connectivity index (χ4v) is 3.52. The summed E-state index contributed by atoms with van der Waals surface area (Å²) in [5.41, 5.74) is 2.18. The van der Waals surface area contributed by atoms with Crippen LogP contribution in [0.4, 0.5) is 5.82 Å². The van der Waals surface area contributed by atoms with Gasteiger partial charge in [-0.05, 0) is 25.5 Å². The third kappa shape index (κ3) is 2.71. The molecule has 0 bridgehead atoms. The topological polar surface area (TPSA) is 16.1 Å². The van der Waals surface area contributed by atoms with Crippen LogP contribution < -0.4 is 4.90 Å². The van der Waals surface area contributed by atoms with Gasteiger partial charge in [-0.3, -0.25) is 0 Å². The summed E-state index contributed by atoms with van der Waals surface area (Å²) in [4.78, 5) is 7.09. The maximum absolute atomic E-state index is 5.87. The van der Waals surface area contributed by atoms with Crippen molar-refractivity contribution in [2.24, 2.45) is 0 Å². The number of hydrogen-bond acceptors (Lipinski definition) is 3. The van der Waals surface area contributed by atoms with Crippen molar-refractivity contribution in [2.75, 3.05) is 17.2 Å². The maximum Gasteiger partial charge on any atom is 0.129 e. The zero-order chi connectivity index (χ0) is 12.4. The van der Waals surface area contributed by atoms with Gasteiger partial charge in [0.25, 0.3) is 0 Å². The zero-order valence-electron chi connectivity index (χ0n) is 10.6. The van der Waals surface area contributed by atoms with Gasteiger partial charge in [0.15, 0.2) is 0 Å². The number of aromatic nitrogens is 1. The summed E-state index contributed by atoms with van der Waals surface area (Å²) in [6.07, 6.45) is 0. The number of anilines is 1. The summed E-state index contributed by atoms with van der Waals surface area (Å²) in [5, 5.41) is 0.665. The summed E-state index contributed by atoms with van der Waals surface area (Å²) in [7, 11) is 0. The van der Waals surface area contributed by atoms with E-state index < -0.39 is 0 Å². The van der Waals surface area contributed by atoms with Crippen LogP contribution in [0.25, 0.3) is 0 Å². The van der Waals surface area contributed by atoms with Crippen LogP contribution in [0.2, 0.25) is 0 Å². The van der Waals surface area contributed by atoms with E-state index in [0.29, 0.717) is 17.2 Å². The molecule has 1 saturated heterocycles. The summed E-state index contributed by atoms with van der Waals surface area (Å²) in [6, 6.07) is 4.75. The Labute approximate surface area is 113 Å². The molecule has 94 valence electrons. The molecule has 0 aliphatic carbocycles. The van der Waals surface area contributed by atoms with Gasteiger partial charge >= 0.3 is 0 Å². The van der Waals surface area contributed by atoms with Gasteiger partial charge < -0.3 is 4.90 Å². The average Bonchev–Trinajstić information content (AvgIpc) is 2.32. The number of thioether (sulfide) groups is 1. The van der Waals surface area contributed by atoms with Crippen LogP contribution in [0.15, 0.2) is 12.1 Å². The van der Waals surface area contributed by atoms with Crippen LogP contribution >= 0.6 is 23.4 Å². The molecule has 0 radical (unpaired) electrons. The van der Waals surface area contributed by atoms with E-state index in [1.54, 1.807) is 0 Å². The van der Waals surface area contributed by atoms with Gasteiger partial charge in [-0.25, -0.2) is 4.98 Å². The van der Waals surface area contributed by atoms with E-state index in [1.807, 2.05) is 18.7 Å². The number of rotatable bonds is 2. The van der Waals surface area contributed by atoms with E-state index in [4.69, 9.17) is 11.6 Å². The number of halogens is 1. The maximum atomic E-state index is 5.87. The van der Waals surface area contributed by atoms with Crippen LogP contribution in [0.1, 0.15) is 25.1 Å². The van der Waals surface area contributed by atoms with Crippen molar-refractivity contribution in [1.82, 2.24) is 4.98 Å². The van der Waals surface area contributed by atoms with E-state index in [9.17, 15) is 0 Å². The summed E-state index contributed by atoms with van der Waals surface area (Å²) in [5.74, 6) is 2.82. The van der Waals surface area contributed by atoms with Crippen molar-refractivity contribution < 1.29 is 0 Å². The summed E-state index contributed by atoms with van der Waals surface area (Å²) < 4.78 is 0. The second kappa shape index (κ2) is 5.49. The average molecular weight is 271 g/mol. The first kappa shape index (κ1) is 13.0. The van der Waals surface area contributed by atoms with E-state index in [-0.39, 0.29) is 0 Å². The Kier molecular flexibility index (Phi) is 4.21. The van der Waals surface area contributed by atoms with Crippen molar-refractivity contribution >= 4 is 29.2 Å². The zero-order valence-corrected chi connectivity index (χ0v) is 12.2. The Bertz CT molecular complexity index is 397. The molecule has 1 aliphatic heterocycles. The van der Waals surface area contributed by atoms with Crippen molar-refractivity contribution in [1.29, 1.82) is 0 Å². The number of nitrogens with zero attached hydrogens (tertiary/aromatic N) is 2. The van der Waals surface area contributed by atoms with Gasteiger partial charge in [-0.2, -0.15) is 11.8 Å². The van der Waals surface area contributed by atoms with Crippen molar-refractivity contribution in [3.63, 3.8) is 0 Å². The molecule has 1 aliphatic rings. The van der Waals surface area contributed by atoms with Crippen molar-refractivity contribution in [3.8, 4) is 0 Å². The lowest BCUT2D eigenvalue weighted by atomic mass is 10.2. The predicted octanol–water partition coefficient (Wildman–Crippen LogP) is 3.46. The Morgan fingerprint density at radius 2 is 2.24 bits per heavy atom. The fourth-order valence-electron chi connectivity index (χ4n) is 2.13.